The van der Waals surface area contributed by atoms with Gasteiger partial charge in [-0.15, -0.1) is 11.8 Å². The minimum Gasteiger partial charge on any atom is -0.475 e. The van der Waals surface area contributed by atoms with E-state index in [9.17, 15) is 15.3 Å². The van der Waals surface area contributed by atoms with Gasteiger partial charge in [-0.05, 0) is 6.07 Å². The highest BCUT2D eigenvalue weighted by Gasteiger charge is 2.38. The van der Waals surface area contributed by atoms with Gasteiger partial charge in [-0.25, -0.2) is 0 Å². The van der Waals surface area contributed by atoms with E-state index in [1.54, 1.807) is 30.9 Å². The molecule has 0 spiro atoms. The summed E-state index contributed by atoms with van der Waals surface area (Å²) in [5, 5.41) is 29.2. The van der Waals surface area contributed by atoms with Crippen molar-refractivity contribution in [3.63, 3.8) is 0 Å². The fraction of sp³-hybridized carbons (Fsp3) is 0.357. The normalized spacial score (nSPS) is 28.3. The Morgan fingerprint density at radius 2 is 1.91 bits per heavy atom. The van der Waals surface area contributed by atoms with E-state index in [-0.39, 0.29) is 0 Å². The van der Waals surface area contributed by atoms with Crippen molar-refractivity contribution in [2.24, 2.45) is 0 Å². The van der Waals surface area contributed by atoms with E-state index < -0.39 is 23.7 Å². The van der Waals surface area contributed by atoms with E-state index in [1.807, 2.05) is 0 Å². The summed E-state index contributed by atoms with van der Waals surface area (Å²) in [6.07, 6.45) is 4.59. The first-order valence-electron chi connectivity index (χ1n) is 6.69. The molecular weight excluding hydrogens is 306 g/mol. The molecule has 0 amide bonds. The lowest BCUT2D eigenvalue weighted by atomic mass is 10.1. The maximum atomic E-state index is 9.96. The first kappa shape index (κ1) is 15.2. The van der Waals surface area contributed by atoms with Crippen LogP contribution in [0, 0.1) is 0 Å². The number of ether oxygens (including phenoxy) is 1. The second-order valence-electron chi connectivity index (χ2n) is 4.87. The van der Waals surface area contributed by atoms with Crippen molar-refractivity contribution in [1.29, 1.82) is 0 Å². The molecule has 3 N–H and O–H groups in total. The molecule has 7 nitrogen and oxygen atoms in total. The molecular formula is C14H15N3O4S. The largest absolute Gasteiger partial charge is 0.475 e. The smallest absolute Gasteiger partial charge is 0.173 e. The van der Waals surface area contributed by atoms with Crippen LogP contribution in [-0.4, -0.2) is 59.8 Å². The standard InChI is InChI=1S/C14H15N3O4S/c18-11-7-22-14(13(20)12(11)19)21-9-3-8(4-16-5-9)10-6-15-1-2-17-10/h1-6,11-14,18-20H,7H2/t11-,12+,13-,14-/m1/s1. The number of hydrogen-bond donors (Lipinski definition) is 3. The van der Waals surface area contributed by atoms with Gasteiger partial charge in [0, 0.05) is 29.9 Å². The fourth-order valence-electron chi connectivity index (χ4n) is 2.09. The molecule has 1 aliphatic rings. The van der Waals surface area contributed by atoms with Gasteiger partial charge < -0.3 is 20.1 Å². The van der Waals surface area contributed by atoms with E-state index in [4.69, 9.17) is 4.74 Å². The lowest BCUT2D eigenvalue weighted by molar-refractivity contribution is -0.0786. The highest BCUT2D eigenvalue weighted by molar-refractivity contribution is 7.99. The number of hydrogen-bond acceptors (Lipinski definition) is 8. The molecule has 1 saturated heterocycles. The van der Waals surface area contributed by atoms with Gasteiger partial charge in [0.05, 0.1) is 24.2 Å². The van der Waals surface area contributed by atoms with Gasteiger partial charge in [-0.1, -0.05) is 0 Å². The minimum absolute atomic E-state index is 0.292. The third kappa shape index (κ3) is 3.20. The Kier molecular flexibility index (Phi) is 4.53. The van der Waals surface area contributed by atoms with Crippen molar-refractivity contribution in [3.8, 4) is 17.0 Å². The summed E-state index contributed by atoms with van der Waals surface area (Å²) >= 11 is 1.24. The molecule has 0 aromatic carbocycles. The average molecular weight is 321 g/mol. The van der Waals surface area contributed by atoms with Crippen LogP contribution in [0.1, 0.15) is 0 Å². The van der Waals surface area contributed by atoms with E-state index >= 15 is 0 Å². The molecule has 3 heterocycles. The molecule has 4 atom stereocenters. The third-order valence-electron chi connectivity index (χ3n) is 3.28. The molecule has 1 aliphatic heterocycles. The summed E-state index contributed by atoms with van der Waals surface area (Å²) < 4.78 is 5.68. The van der Waals surface area contributed by atoms with Gasteiger partial charge in [-0.3, -0.25) is 15.0 Å². The quantitative estimate of drug-likeness (QED) is 0.729. The summed E-state index contributed by atoms with van der Waals surface area (Å²) in [6.45, 7) is 0. The molecule has 2 aromatic heterocycles. The van der Waals surface area contributed by atoms with Crippen molar-refractivity contribution in [2.45, 2.75) is 23.7 Å². The second kappa shape index (κ2) is 6.57. The Hall–Kier alpha value is -1.74. The van der Waals surface area contributed by atoms with Crippen molar-refractivity contribution >= 4 is 11.8 Å². The van der Waals surface area contributed by atoms with Crippen LogP contribution in [0.2, 0.25) is 0 Å². The summed E-state index contributed by atoms with van der Waals surface area (Å²) in [5.41, 5.74) is 0.728. The van der Waals surface area contributed by atoms with Gasteiger partial charge in [0.25, 0.3) is 0 Å². The van der Waals surface area contributed by atoms with E-state index in [1.165, 1.54) is 18.0 Å². The van der Waals surface area contributed by atoms with Crippen LogP contribution in [0.5, 0.6) is 5.75 Å². The monoisotopic (exact) mass is 321 g/mol. The summed E-state index contributed by atoms with van der Waals surface area (Å²) in [6, 6.07) is 1.74. The molecule has 1 fully saturated rings. The summed E-state index contributed by atoms with van der Waals surface area (Å²) in [5.74, 6) is 0.739. The van der Waals surface area contributed by atoms with Crippen molar-refractivity contribution < 1.29 is 20.1 Å². The zero-order valence-corrected chi connectivity index (χ0v) is 12.3. The topological polar surface area (TPSA) is 109 Å². The molecule has 22 heavy (non-hydrogen) atoms. The predicted octanol–water partition coefficient (Wildman–Crippen LogP) is 0.0730. The lowest BCUT2D eigenvalue weighted by Crippen LogP contribution is -2.50. The number of pyridine rings is 1. The molecule has 2 aromatic rings. The van der Waals surface area contributed by atoms with Gasteiger partial charge in [-0.2, -0.15) is 0 Å². The molecule has 0 bridgehead atoms. The highest BCUT2D eigenvalue weighted by atomic mass is 32.2. The zero-order chi connectivity index (χ0) is 15.5. The van der Waals surface area contributed by atoms with Crippen molar-refractivity contribution in [1.82, 2.24) is 15.0 Å². The Morgan fingerprint density at radius 1 is 1.05 bits per heavy atom. The highest BCUT2D eigenvalue weighted by Crippen LogP contribution is 2.30. The predicted molar refractivity (Wildman–Crippen MR) is 80.2 cm³/mol. The van der Waals surface area contributed by atoms with E-state index in [2.05, 4.69) is 15.0 Å². The maximum Gasteiger partial charge on any atom is 0.173 e. The Labute approximate surface area is 131 Å². The Bertz CT molecular complexity index is 630. The Balaban J connectivity index is 1.76. The van der Waals surface area contributed by atoms with Crippen LogP contribution in [0.15, 0.2) is 37.1 Å². The summed E-state index contributed by atoms with van der Waals surface area (Å²) in [7, 11) is 0. The van der Waals surface area contributed by atoms with Crippen LogP contribution in [0.4, 0.5) is 0 Å². The minimum atomic E-state index is -1.22. The molecule has 116 valence electrons. The average Bonchev–Trinajstić information content (AvgIpc) is 2.57. The number of thioether (sulfide) groups is 1. The maximum absolute atomic E-state index is 9.96. The number of aliphatic hydroxyl groups excluding tert-OH is 3. The van der Waals surface area contributed by atoms with Crippen LogP contribution in [0.3, 0.4) is 0 Å². The van der Waals surface area contributed by atoms with Gasteiger partial charge in [0.1, 0.15) is 18.0 Å². The Morgan fingerprint density at radius 3 is 2.68 bits per heavy atom. The lowest BCUT2D eigenvalue weighted by Gasteiger charge is -2.34. The molecule has 3 rings (SSSR count). The van der Waals surface area contributed by atoms with Gasteiger partial charge in [0.15, 0.2) is 5.44 Å². The van der Waals surface area contributed by atoms with E-state index in [0.29, 0.717) is 17.2 Å². The first-order valence-corrected chi connectivity index (χ1v) is 7.74. The van der Waals surface area contributed by atoms with Crippen LogP contribution < -0.4 is 4.74 Å². The van der Waals surface area contributed by atoms with Crippen molar-refractivity contribution in [2.75, 3.05) is 5.75 Å². The molecule has 0 unspecified atom stereocenters. The van der Waals surface area contributed by atoms with Gasteiger partial charge >= 0.3 is 0 Å². The fourth-order valence-corrected chi connectivity index (χ4v) is 3.21. The van der Waals surface area contributed by atoms with Crippen LogP contribution >= 0.6 is 11.8 Å². The number of rotatable bonds is 3. The van der Waals surface area contributed by atoms with Crippen molar-refractivity contribution in [3.05, 3.63) is 37.1 Å². The summed E-state index contributed by atoms with van der Waals surface area (Å²) in [4.78, 5) is 12.3. The van der Waals surface area contributed by atoms with Gasteiger partial charge in [0.2, 0.25) is 0 Å². The zero-order valence-electron chi connectivity index (χ0n) is 11.5. The molecule has 8 heteroatoms. The van der Waals surface area contributed by atoms with E-state index in [0.717, 1.165) is 5.56 Å². The second-order valence-corrected chi connectivity index (χ2v) is 6.00. The van der Waals surface area contributed by atoms with Crippen LogP contribution in [0.25, 0.3) is 11.3 Å². The molecule has 0 radical (unpaired) electrons. The molecule has 0 aliphatic carbocycles. The van der Waals surface area contributed by atoms with Crippen LogP contribution in [-0.2, 0) is 0 Å². The first-order chi connectivity index (χ1) is 10.6. The number of nitrogens with zero attached hydrogens (tertiary/aromatic N) is 3. The number of aromatic nitrogens is 3. The number of aliphatic hydroxyl groups is 3. The third-order valence-corrected chi connectivity index (χ3v) is 4.52. The SMILES string of the molecule is O[C@@H]1[C@@H](O)[C@H](Oc2cncc(-c3cnccn3)c2)SC[C@H]1O. The molecule has 0 saturated carbocycles.